The molecule has 4 rings (SSSR count). The van der Waals surface area contributed by atoms with E-state index in [4.69, 9.17) is 0 Å². The van der Waals surface area contributed by atoms with Gasteiger partial charge >= 0.3 is 6.03 Å². The van der Waals surface area contributed by atoms with Crippen molar-refractivity contribution in [1.82, 2.24) is 20.5 Å². The molecule has 1 aliphatic heterocycles. The molecule has 3 amide bonds. The third-order valence-electron chi connectivity index (χ3n) is 5.76. The maximum absolute atomic E-state index is 12.4. The molecule has 7 heteroatoms. The van der Waals surface area contributed by atoms with Gasteiger partial charge in [0.2, 0.25) is 0 Å². The molecule has 32 heavy (non-hydrogen) atoms. The summed E-state index contributed by atoms with van der Waals surface area (Å²) in [5, 5.41) is 9.95. The maximum Gasteiger partial charge on any atom is 0.319 e. The topological polar surface area (TPSA) is 86.4 Å². The van der Waals surface area contributed by atoms with Gasteiger partial charge in [-0.05, 0) is 44.0 Å². The monoisotopic (exact) mass is 431 g/mol. The van der Waals surface area contributed by atoms with Gasteiger partial charge in [0.25, 0.3) is 5.91 Å². The zero-order chi connectivity index (χ0) is 22.3. The third kappa shape index (κ3) is 5.62. The second kappa shape index (κ2) is 10.2. The lowest BCUT2D eigenvalue weighted by Gasteiger charge is -2.32. The van der Waals surface area contributed by atoms with Crippen LogP contribution < -0.4 is 16.0 Å². The molecule has 3 aromatic rings. The third-order valence-corrected chi connectivity index (χ3v) is 5.76. The van der Waals surface area contributed by atoms with Crippen LogP contribution in [0, 0.1) is 6.92 Å². The van der Waals surface area contributed by atoms with Crippen LogP contribution in [-0.2, 0) is 0 Å². The summed E-state index contributed by atoms with van der Waals surface area (Å²) in [7, 11) is 0. The molecule has 0 radical (unpaired) electrons. The summed E-state index contributed by atoms with van der Waals surface area (Å²) >= 11 is 0. The van der Waals surface area contributed by atoms with Crippen LogP contribution in [0.4, 0.5) is 10.5 Å². The molecule has 7 nitrogen and oxygen atoms in total. The summed E-state index contributed by atoms with van der Waals surface area (Å²) in [5.41, 5.74) is 3.19. The van der Waals surface area contributed by atoms with Gasteiger partial charge in [0.15, 0.2) is 0 Å². The highest BCUT2D eigenvalue weighted by Crippen LogP contribution is 2.22. The largest absolute Gasteiger partial charge is 0.349 e. The standard InChI is InChI=1S/C25H29N5O2/c1-18-17-23(21-9-5-6-10-22(21)27-18)29-25(32)26-13-16-30-14-11-20(12-15-30)28-24(31)19-7-3-2-4-8-19/h2-10,17,20H,11-16H2,1H3,(H,28,31)(H2,26,27,29,32). The highest BCUT2D eigenvalue weighted by molar-refractivity contribution is 6.00. The van der Waals surface area contributed by atoms with Gasteiger partial charge in [0, 0.05) is 48.9 Å². The fourth-order valence-corrected chi connectivity index (χ4v) is 4.06. The van der Waals surface area contributed by atoms with E-state index in [-0.39, 0.29) is 18.0 Å². The number of hydrogen-bond acceptors (Lipinski definition) is 4. The Kier molecular flexibility index (Phi) is 6.97. The molecule has 0 spiro atoms. The molecular formula is C25H29N5O2. The maximum atomic E-state index is 12.4. The number of hydrogen-bond donors (Lipinski definition) is 3. The number of fused-ring (bicyclic) bond motifs is 1. The molecule has 0 aliphatic carbocycles. The Bertz CT molecular complexity index is 1080. The average molecular weight is 432 g/mol. The number of nitrogens with one attached hydrogen (secondary N) is 3. The number of pyridine rings is 1. The molecule has 1 aliphatic rings. The van der Waals surface area contributed by atoms with Crippen molar-refractivity contribution in [2.45, 2.75) is 25.8 Å². The van der Waals surface area contributed by atoms with Crippen molar-refractivity contribution in [2.75, 3.05) is 31.5 Å². The number of benzene rings is 2. The number of carbonyl (C=O) groups is 2. The number of likely N-dealkylation sites (tertiary alicyclic amines) is 1. The molecule has 1 aromatic heterocycles. The lowest BCUT2D eigenvalue weighted by Crippen LogP contribution is -2.46. The Balaban J connectivity index is 1.19. The summed E-state index contributed by atoms with van der Waals surface area (Å²) in [5.74, 6) is -0.0127. The predicted octanol–water partition coefficient (Wildman–Crippen LogP) is 3.56. The van der Waals surface area contributed by atoms with Crippen LogP contribution >= 0.6 is 0 Å². The quantitative estimate of drug-likeness (QED) is 0.557. The number of carbonyl (C=O) groups excluding carboxylic acids is 2. The minimum absolute atomic E-state index is 0.0127. The molecular weight excluding hydrogens is 402 g/mol. The van der Waals surface area contributed by atoms with Gasteiger partial charge in [0.05, 0.1) is 11.2 Å². The van der Waals surface area contributed by atoms with E-state index in [9.17, 15) is 9.59 Å². The lowest BCUT2D eigenvalue weighted by atomic mass is 10.0. The fourth-order valence-electron chi connectivity index (χ4n) is 4.06. The number of aromatic nitrogens is 1. The van der Waals surface area contributed by atoms with Crippen LogP contribution in [0.3, 0.4) is 0 Å². The number of rotatable bonds is 6. The van der Waals surface area contributed by atoms with Crippen molar-refractivity contribution in [1.29, 1.82) is 0 Å². The van der Waals surface area contributed by atoms with Gasteiger partial charge < -0.3 is 20.9 Å². The highest BCUT2D eigenvalue weighted by Gasteiger charge is 2.21. The van der Waals surface area contributed by atoms with Crippen molar-refractivity contribution < 1.29 is 9.59 Å². The number of aryl methyl sites for hydroxylation is 1. The fraction of sp³-hybridized carbons (Fsp3) is 0.320. The smallest absolute Gasteiger partial charge is 0.319 e. The van der Waals surface area contributed by atoms with E-state index >= 15 is 0 Å². The molecule has 1 saturated heterocycles. The lowest BCUT2D eigenvalue weighted by molar-refractivity contribution is 0.0911. The summed E-state index contributed by atoms with van der Waals surface area (Å²) in [6.45, 7) is 5.06. The van der Waals surface area contributed by atoms with Crippen LogP contribution in [0.2, 0.25) is 0 Å². The van der Waals surface area contributed by atoms with E-state index < -0.39 is 0 Å². The number of urea groups is 1. The van der Waals surface area contributed by atoms with E-state index in [1.165, 1.54) is 0 Å². The van der Waals surface area contributed by atoms with Crippen LogP contribution in [0.5, 0.6) is 0 Å². The van der Waals surface area contributed by atoms with Gasteiger partial charge in [-0.2, -0.15) is 0 Å². The van der Waals surface area contributed by atoms with E-state index in [2.05, 4.69) is 25.8 Å². The Hall–Kier alpha value is -3.45. The van der Waals surface area contributed by atoms with E-state index in [1.54, 1.807) is 0 Å². The van der Waals surface area contributed by atoms with Crippen molar-refractivity contribution >= 4 is 28.5 Å². The van der Waals surface area contributed by atoms with E-state index in [0.29, 0.717) is 12.1 Å². The van der Waals surface area contributed by atoms with Gasteiger partial charge in [-0.1, -0.05) is 36.4 Å². The number of piperidine rings is 1. The van der Waals surface area contributed by atoms with Gasteiger partial charge in [-0.25, -0.2) is 4.79 Å². The summed E-state index contributed by atoms with van der Waals surface area (Å²) in [4.78, 5) is 31.5. The summed E-state index contributed by atoms with van der Waals surface area (Å²) in [6.07, 6.45) is 1.82. The van der Waals surface area contributed by atoms with Crippen LogP contribution in [0.15, 0.2) is 60.7 Å². The average Bonchev–Trinajstić information content (AvgIpc) is 2.80. The second-order valence-corrected chi connectivity index (χ2v) is 8.16. The van der Waals surface area contributed by atoms with Crippen molar-refractivity contribution in [2.24, 2.45) is 0 Å². The first-order valence-corrected chi connectivity index (χ1v) is 11.1. The number of amides is 3. The SMILES string of the molecule is Cc1cc(NC(=O)NCCN2CCC(NC(=O)c3ccccc3)CC2)c2ccccc2n1. The molecule has 0 saturated carbocycles. The minimum atomic E-state index is -0.217. The molecule has 0 unspecified atom stereocenters. The van der Waals surface area contributed by atoms with E-state index in [0.717, 1.165) is 54.8 Å². The first-order valence-electron chi connectivity index (χ1n) is 11.1. The van der Waals surface area contributed by atoms with Crippen LogP contribution in [-0.4, -0.2) is 54.0 Å². The summed E-state index contributed by atoms with van der Waals surface area (Å²) < 4.78 is 0. The molecule has 1 fully saturated rings. The zero-order valence-corrected chi connectivity index (χ0v) is 18.3. The molecule has 3 N–H and O–H groups in total. The second-order valence-electron chi connectivity index (χ2n) is 8.16. The van der Waals surface area contributed by atoms with Crippen LogP contribution in [0.1, 0.15) is 28.9 Å². The first-order chi connectivity index (χ1) is 15.6. The highest BCUT2D eigenvalue weighted by atomic mass is 16.2. The molecule has 0 bridgehead atoms. The molecule has 166 valence electrons. The predicted molar refractivity (Wildman–Crippen MR) is 127 cm³/mol. The Morgan fingerprint density at radius 1 is 1.03 bits per heavy atom. The number of nitrogens with zero attached hydrogens (tertiary/aromatic N) is 2. The van der Waals surface area contributed by atoms with Gasteiger partial charge in [0.1, 0.15) is 0 Å². The Labute approximate surface area is 188 Å². The molecule has 2 aromatic carbocycles. The van der Waals surface area contributed by atoms with Crippen molar-refractivity contribution in [3.63, 3.8) is 0 Å². The zero-order valence-electron chi connectivity index (χ0n) is 18.3. The Morgan fingerprint density at radius 3 is 2.53 bits per heavy atom. The molecule has 2 heterocycles. The van der Waals surface area contributed by atoms with Crippen LogP contribution in [0.25, 0.3) is 10.9 Å². The van der Waals surface area contributed by atoms with Crippen molar-refractivity contribution in [3.05, 3.63) is 71.9 Å². The number of para-hydroxylation sites is 1. The van der Waals surface area contributed by atoms with Crippen molar-refractivity contribution in [3.8, 4) is 0 Å². The summed E-state index contributed by atoms with van der Waals surface area (Å²) in [6, 6.07) is 19.0. The molecule has 0 atom stereocenters. The minimum Gasteiger partial charge on any atom is -0.349 e. The van der Waals surface area contributed by atoms with Gasteiger partial charge in [-0.15, -0.1) is 0 Å². The van der Waals surface area contributed by atoms with Gasteiger partial charge in [-0.3, -0.25) is 9.78 Å². The number of anilines is 1. The Morgan fingerprint density at radius 2 is 1.75 bits per heavy atom. The first kappa shape index (κ1) is 21.8. The van der Waals surface area contributed by atoms with E-state index in [1.807, 2.05) is 67.6 Å². The normalized spacial score (nSPS) is 14.8.